The molecule has 2 aromatic carbocycles. The molecule has 1 aromatic heterocycles. The quantitative estimate of drug-likeness (QED) is 0.446. The van der Waals surface area contributed by atoms with E-state index in [4.69, 9.17) is 4.98 Å². The molecule has 0 aliphatic carbocycles. The van der Waals surface area contributed by atoms with Crippen LogP contribution in [-0.4, -0.2) is 21.3 Å². The van der Waals surface area contributed by atoms with E-state index in [-0.39, 0.29) is 0 Å². The van der Waals surface area contributed by atoms with E-state index < -0.39 is 0 Å². The fraction of sp³-hybridized carbons (Fsp3) is 0.435. The number of benzene rings is 2. The topological polar surface area (TPSA) is 29.9 Å². The number of imidazole rings is 1. The summed E-state index contributed by atoms with van der Waals surface area (Å²) < 4.78 is 2.38. The van der Waals surface area contributed by atoms with Crippen LogP contribution in [-0.2, 0) is 13.1 Å². The number of aromatic nitrogens is 2. The zero-order valence-electron chi connectivity index (χ0n) is 16.7. The summed E-state index contributed by atoms with van der Waals surface area (Å²) in [5.41, 5.74) is 3.64. The first-order chi connectivity index (χ1) is 13.2. The van der Waals surface area contributed by atoms with E-state index in [0.29, 0.717) is 6.04 Å². The van der Waals surface area contributed by atoms with Crippen molar-refractivity contribution in [2.45, 2.75) is 64.1 Å². The summed E-state index contributed by atoms with van der Waals surface area (Å²) in [6.07, 6.45) is 3.48. The van der Waals surface area contributed by atoms with Gasteiger partial charge in [0.25, 0.3) is 0 Å². The van der Waals surface area contributed by atoms with Gasteiger partial charge in [-0.2, -0.15) is 0 Å². The molecule has 0 atom stereocenters. The van der Waals surface area contributed by atoms with E-state index in [1.165, 1.54) is 22.4 Å². The number of hydrogen-bond donors (Lipinski definition) is 1. The second kappa shape index (κ2) is 9.95. The summed E-state index contributed by atoms with van der Waals surface area (Å²) in [5.74, 6) is 2.28. The van der Waals surface area contributed by atoms with E-state index in [0.717, 1.165) is 43.0 Å². The molecular formula is C23H31N3S. The molecule has 0 saturated heterocycles. The highest BCUT2D eigenvalue weighted by molar-refractivity contribution is 7.99. The minimum absolute atomic E-state index is 0.547. The summed E-state index contributed by atoms with van der Waals surface area (Å²) >= 11 is 1.93. The van der Waals surface area contributed by atoms with Crippen molar-refractivity contribution in [2.75, 3.05) is 5.75 Å². The summed E-state index contributed by atoms with van der Waals surface area (Å²) in [6, 6.07) is 17.9. The summed E-state index contributed by atoms with van der Waals surface area (Å²) in [6.45, 7) is 8.38. The predicted molar refractivity (Wildman–Crippen MR) is 118 cm³/mol. The molecule has 0 aliphatic rings. The van der Waals surface area contributed by atoms with Crippen molar-refractivity contribution >= 4 is 22.8 Å². The Morgan fingerprint density at radius 3 is 2.52 bits per heavy atom. The molecule has 0 saturated carbocycles. The van der Waals surface area contributed by atoms with Crippen molar-refractivity contribution in [3.05, 3.63) is 59.9 Å². The molecule has 3 aromatic rings. The fourth-order valence-electron chi connectivity index (χ4n) is 3.35. The van der Waals surface area contributed by atoms with Gasteiger partial charge in [0, 0.05) is 17.5 Å². The number of nitrogens with zero attached hydrogens (tertiary/aromatic N) is 2. The van der Waals surface area contributed by atoms with E-state index in [1.807, 2.05) is 11.8 Å². The molecule has 0 aliphatic heterocycles. The molecule has 1 heterocycles. The van der Waals surface area contributed by atoms with Gasteiger partial charge in [0.1, 0.15) is 5.82 Å². The second-order valence-electron chi connectivity index (χ2n) is 6.99. The maximum absolute atomic E-state index is 4.96. The van der Waals surface area contributed by atoms with Crippen molar-refractivity contribution in [3.63, 3.8) is 0 Å². The van der Waals surface area contributed by atoms with Gasteiger partial charge >= 0.3 is 0 Å². The van der Waals surface area contributed by atoms with Gasteiger partial charge in [0.15, 0.2) is 0 Å². The van der Waals surface area contributed by atoms with E-state index >= 15 is 0 Å². The highest BCUT2D eigenvalue weighted by Crippen LogP contribution is 2.26. The van der Waals surface area contributed by atoms with E-state index in [9.17, 15) is 0 Å². The third-order valence-corrected chi connectivity index (χ3v) is 6.19. The van der Waals surface area contributed by atoms with Crippen LogP contribution in [0.2, 0.25) is 0 Å². The third-order valence-electron chi connectivity index (χ3n) is 4.99. The van der Waals surface area contributed by atoms with Crippen LogP contribution in [0, 0.1) is 0 Å². The Labute approximate surface area is 167 Å². The number of fused-ring (bicyclic) bond motifs is 1. The summed E-state index contributed by atoms with van der Waals surface area (Å²) in [5, 5.41) is 3.68. The molecule has 0 amide bonds. The molecule has 3 nitrogen and oxygen atoms in total. The average Bonchev–Trinajstić information content (AvgIpc) is 3.05. The van der Waals surface area contributed by atoms with Crippen LogP contribution >= 0.6 is 11.8 Å². The molecule has 0 spiro atoms. The Morgan fingerprint density at radius 2 is 1.81 bits per heavy atom. The van der Waals surface area contributed by atoms with Crippen LogP contribution < -0.4 is 5.32 Å². The molecule has 27 heavy (non-hydrogen) atoms. The Morgan fingerprint density at radius 1 is 1.04 bits per heavy atom. The lowest BCUT2D eigenvalue weighted by Gasteiger charge is -2.16. The standard InChI is InChI=1S/C23H31N3S/c1-4-14-27-20-12-13-21-22(15-20)26(17-18-10-8-7-9-11-18)23(25-21)16-24-19(5-2)6-3/h7-13,15,19,24H,4-6,14,16-17H2,1-3H3. The van der Waals surface area contributed by atoms with Crippen molar-refractivity contribution in [3.8, 4) is 0 Å². The Hall–Kier alpha value is -1.78. The van der Waals surface area contributed by atoms with Crippen LogP contribution in [0.15, 0.2) is 53.4 Å². The molecule has 0 unspecified atom stereocenters. The molecule has 144 valence electrons. The molecule has 4 heteroatoms. The molecule has 1 N–H and O–H groups in total. The Kier molecular flexibility index (Phi) is 7.36. The van der Waals surface area contributed by atoms with Gasteiger partial charge in [-0.3, -0.25) is 0 Å². The van der Waals surface area contributed by atoms with Gasteiger partial charge < -0.3 is 9.88 Å². The van der Waals surface area contributed by atoms with Crippen molar-refractivity contribution in [1.82, 2.24) is 14.9 Å². The zero-order chi connectivity index (χ0) is 19.1. The first-order valence-electron chi connectivity index (χ1n) is 10.1. The minimum atomic E-state index is 0.547. The summed E-state index contributed by atoms with van der Waals surface area (Å²) in [4.78, 5) is 6.29. The largest absolute Gasteiger partial charge is 0.322 e. The maximum atomic E-state index is 4.96. The lowest BCUT2D eigenvalue weighted by Crippen LogP contribution is -2.28. The van der Waals surface area contributed by atoms with Crippen LogP contribution in [0.3, 0.4) is 0 Å². The molecular weight excluding hydrogens is 350 g/mol. The Bertz CT molecular complexity index is 837. The van der Waals surface area contributed by atoms with Crippen LogP contribution in [0.4, 0.5) is 0 Å². The van der Waals surface area contributed by atoms with Gasteiger partial charge in [0.05, 0.1) is 17.6 Å². The predicted octanol–water partition coefficient (Wildman–Crippen LogP) is 5.86. The molecule has 0 radical (unpaired) electrons. The first-order valence-corrected chi connectivity index (χ1v) is 11.1. The zero-order valence-corrected chi connectivity index (χ0v) is 17.6. The highest BCUT2D eigenvalue weighted by atomic mass is 32.2. The average molecular weight is 382 g/mol. The number of rotatable bonds is 10. The Balaban J connectivity index is 1.94. The summed E-state index contributed by atoms with van der Waals surface area (Å²) in [7, 11) is 0. The monoisotopic (exact) mass is 381 g/mol. The van der Waals surface area contributed by atoms with Crippen molar-refractivity contribution in [2.24, 2.45) is 0 Å². The highest BCUT2D eigenvalue weighted by Gasteiger charge is 2.13. The lowest BCUT2D eigenvalue weighted by molar-refractivity contribution is 0.470. The molecule has 3 rings (SSSR count). The van der Waals surface area contributed by atoms with Crippen LogP contribution in [0.25, 0.3) is 11.0 Å². The van der Waals surface area contributed by atoms with Gasteiger partial charge in [0.2, 0.25) is 0 Å². The van der Waals surface area contributed by atoms with Gasteiger partial charge in [-0.05, 0) is 48.8 Å². The van der Waals surface area contributed by atoms with Crippen LogP contribution in [0.5, 0.6) is 0 Å². The van der Waals surface area contributed by atoms with Gasteiger partial charge in [-0.25, -0.2) is 4.98 Å². The smallest absolute Gasteiger partial charge is 0.124 e. The maximum Gasteiger partial charge on any atom is 0.124 e. The lowest BCUT2D eigenvalue weighted by atomic mass is 10.2. The number of nitrogens with one attached hydrogen (secondary N) is 1. The van der Waals surface area contributed by atoms with Crippen molar-refractivity contribution < 1.29 is 0 Å². The van der Waals surface area contributed by atoms with Crippen LogP contribution in [0.1, 0.15) is 51.4 Å². The van der Waals surface area contributed by atoms with Gasteiger partial charge in [-0.15, -0.1) is 11.8 Å². The minimum Gasteiger partial charge on any atom is -0.322 e. The first kappa shape index (κ1) is 20.0. The molecule has 0 fully saturated rings. The van der Waals surface area contributed by atoms with Crippen molar-refractivity contribution in [1.29, 1.82) is 0 Å². The number of thioether (sulfide) groups is 1. The van der Waals surface area contributed by atoms with E-state index in [1.54, 1.807) is 0 Å². The number of hydrogen-bond acceptors (Lipinski definition) is 3. The third kappa shape index (κ3) is 5.14. The SMILES string of the molecule is CCCSc1ccc2nc(CNC(CC)CC)n(Cc3ccccc3)c2c1. The second-order valence-corrected chi connectivity index (χ2v) is 8.16. The van der Waals surface area contributed by atoms with Gasteiger partial charge in [-0.1, -0.05) is 51.1 Å². The van der Waals surface area contributed by atoms with E-state index in [2.05, 4.69) is 79.2 Å². The normalized spacial score (nSPS) is 11.6. The molecule has 0 bridgehead atoms. The fourth-order valence-corrected chi connectivity index (χ4v) is 4.15.